The lowest BCUT2D eigenvalue weighted by atomic mass is 9.97. The molecule has 0 aliphatic rings. The molecule has 0 bridgehead atoms. The number of carboxylic acids is 1. The van der Waals surface area contributed by atoms with Gasteiger partial charge in [-0.2, -0.15) is 0 Å². The van der Waals surface area contributed by atoms with Gasteiger partial charge in [0.2, 0.25) is 0 Å². The molecule has 0 heterocycles. The summed E-state index contributed by atoms with van der Waals surface area (Å²) in [5, 5.41) is 9.32. The molecule has 0 saturated carbocycles. The summed E-state index contributed by atoms with van der Waals surface area (Å²) in [6.07, 6.45) is 36.6. The molecule has 1 unspecified atom stereocenters. The zero-order chi connectivity index (χ0) is 27.9. The van der Waals surface area contributed by atoms with E-state index in [1.165, 1.54) is 128 Å². The Labute approximate surface area is 236 Å². The highest BCUT2D eigenvalue weighted by atomic mass is 16.5. The molecule has 1 atom stereocenters. The van der Waals surface area contributed by atoms with Crippen molar-refractivity contribution in [2.75, 3.05) is 6.61 Å². The molecular weight excluding hydrogens is 472 g/mol. The summed E-state index contributed by atoms with van der Waals surface area (Å²) in [4.78, 5) is 23.0. The van der Waals surface area contributed by atoms with Crippen molar-refractivity contribution < 1.29 is 19.4 Å². The van der Waals surface area contributed by atoms with Crippen LogP contribution in [0.25, 0.3) is 0 Å². The lowest BCUT2D eigenvalue weighted by Gasteiger charge is -2.11. The maximum atomic E-state index is 11.7. The summed E-state index contributed by atoms with van der Waals surface area (Å²) >= 11 is 0. The zero-order valence-electron chi connectivity index (χ0n) is 25.5. The van der Waals surface area contributed by atoms with Crippen LogP contribution in [0.15, 0.2) is 12.2 Å². The molecule has 0 amide bonds. The minimum absolute atomic E-state index is 0.00106. The lowest BCUT2D eigenvalue weighted by molar-refractivity contribution is -0.151. The van der Waals surface area contributed by atoms with Gasteiger partial charge < -0.3 is 9.84 Å². The van der Waals surface area contributed by atoms with Crippen molar-refractivity contribution in [3.8, 4) is 0 Å². The van der Waals surface area contributed by atoms with Gasteiger partial charge in [-0.25, -0.2) is 0 Å². The second kappa shape index (κ2) is 30.2. The number of hydrogen-bond acceptors (Lipinski definition) is 3. The van der Waals surface area contributed by atoms with Gasteiger partial charge in [0, 0.05) is 0 Å². The molecule has 0 rings (SSSR count). The molecule has 0 aliphatic heterocycles. The number of hydrogen-bond donors (Lipinski definition) is 1. The Bertz CT molecular complexity index is 543. The zero-order valence-corrected chi connectivity index (χ0v) is 25.5. The van der Waals surface area contributed by atoms with E-state index >= 15 is 0 Å². The molecule has 0 aromatic rings. The number of rotatable bonds is 30. The van der Waals surface area contributed by atoms with Crippen LogP contribution in [0.5, 0.6) is 0 Å². The fourth-order valence-electron chi connectivity index (χ4n) is 5.02. The Morgan fingerprint density at radius 1 is 0.579 bits per heavy atom. The third kappa shape index (κ3) is 27.7. The van der Waals surface area contributed by atoms with Gasteiger partial charge in [-0.05, 0) is 38.5 Å². The summed E-state index contributed by atoms with van der Waals surface area (Å²) < 4.78 is 5.02. The van der Waals surface area contributed by atoms with E-state index in [-0.39, 0.29) is 12.4 Å². The Morgan fingerprint density at radius 2 is 0.974 bits per heavy atom. The lowest BCUT2D eigenvalue weighted by Crippen LogP contribution is -2.19. The number of carboxylic acid groups (broad SMARTS) is 1. The van der Waals surface area contributed by atoms with Crippen molar-refractivity contribution in [2.45, 2.75) is 181 Å². The van der Waals surface area contributed by atoms with E-state index < -0.39 is 11.9 Å². The monoisotopic (exact) mass is 536 g/mol. The minimum Gasteiger partial charge on any atom is -0.481 e. The molecule has 0 spiro atoms. The van der Waals surface area contributed by atoms with Gasteiger partial charge in [0.05, 0.1) is 18.9 Å². The Hall–Kier alpha value is -1.32. The molecular formula is C34H64O4. The van der Waals surface area contributed by atoms with Crippen LogP contribution in [0.3, 0.4) is 0 Å². The molecule has 224 valence electrons. The first-order valence-electron chi connectivity index (χ1n) is 16.6. The van der Waals surface area contributed by atoms with Crippen molar-refractivity contribution in [1.29, 1.82) is 0 Å². The SMILES string of the molecule is CCCCCCCCCCCCCCCCC/C=C/CCCCCCCCC(CC(=O)OCCC)C(=O)O. The topological polar surface area (TPSA) is 63.6 Å². The summed E-state index contributed by atoms with van der Waals surface area (Å²) in [5.74, 6) is -1.87. The van der Waals surface area contributed by atoms with Crippen molar-refractivity contribution in [3.63, 3.8) is 0 Å². The fraction of sp³-hybridized carbons (Fsp3) is 0.882. The van der Waals surface area contributed by atoms with Crippen LogP contribution in [-0.4, -0.2) is 23.7 Å². The molecule has 0 fully saturated rings. The van der Waals surface area contributed by atoms with Crippen LogP contribution in [0.4, 0.5) is 0 Å². The third-order valence-electron chi connectivity index (χ3n) is 7.54. The first-order chi connectivity index (χ1) is 18.6. The van der Waals surface area contributed by atoms with Crippen LogP contribution in [0.2, 0.25) is 0 Å². The summed E-state index contributed by atoms with van der Waals surface area (Å²) in [5.41, 5.74) is 0. The predicted molar refractivity (Wildman–Crippen MR) is 163 cm³/mol. The molecule has 4 heteroatoms. The van der Waals surface area contributed by atoms with Crippen LogP contribution in [0, 0.1) is 5.92 Å². The van der Waals surface area contributed by atoms with Crippen molar-refractivity contribution in [3.05, 3.63) is 12.2 Å². The molecule has 0 aromatic carbocycles. The highest BCUT2D eigenvalue weighted by Crippen LogP contribution is 2.17. The van der Waals surface area contributed by atoms with Gasteiger partial charge in [0.1, 0.15) is 0 Å². The molecule has 0 saturated heterocycles. The smallest absolute Gasteiger partial charge is 0.307 e. The number of allylic oxidation sites excluding steroid dienone is 2. The molecule has 0 aromatic heterocycles. The minimum atomic E-state index is -0.880. The first-order valence-corrected chi connectivity index (χ1v) is 16.6. The van der Waals surface area contributed by atoms with E-state index in [0.29, 0.717) is 13.0 Å². The number of carbonyl (C=O) groups excluding carboxylic acids is 1. The third-order valence-corrected chi connectivity index (χ3v) is 7.54. The molecule has 0 radical (unpaired) electrons. The van der Waals surface area contributed by atoms with Gasteiger partial charge in [0.15, 0.2) is 0 Å². The van der Waals surface area contributed by atoms with E-state index in [0.717, 1.165) is 25.7 Å². The molecule has 1 N–H and O–H groups in total. The summed E-state index contributed by atoms with van der Waals surface area (Å²) in [6, 6.07) is 0. The predicted octanol–water partition coefficient (Wildman–Crippen LogP) is 11.0. The Morgan fingerprint density at radius 3 is 1.37 bits per heavy atom. The van der Waals surface area contributed by atoms with Crippen LogP contribution in [-0.2, 0) is 14.3 Å². The maximum absolute atomic E-state index is 11.7. The number of esters is 1. The van der Waals surface area contributed by atoms with E-state index in [4.69, 9.17) is 4.74 Å². The van der Waals surface area contributed by atoms with Crippen LogP contribution < -0.4 is 0 Å². The molecule has 38 heavy (non-hydrogen) atoms. The van der Waals surface area contributed by atoms with E-state index in [1.54, 1.807) is 0 Å². The quantitative estimate of drug-likeness (QED) is 0.0563. The van der Waals surface area contributed by atoms with Gasteiger partial charge in [0.25, 0.3) is 0 Å². The van der Waals surface area contributed by atoms with Crippen molar-refractivity contribution in [2.24, 2.45) is 5.92 Å². The largest absolute Gasteiger partial charge is 0.481 e. The maximum Gasteiger partial charge on any atom is 0.307 e. The number of carbonyl (C=O) groups is 2. The summed E-state index contributed by atoms with van der Waals surface area (Å²) in [7, 11) is 0. The van der Waals surface area contributed by atoms with E-state index in [9.17, 15) is 14.7 Å². The first kappa shape index (κ1) is 36.7. The Kier molecular flexibility index (Phi) is 29.2. The van der Waals surface area contributed by atoms with Gasteiger partial charge >= 0.3 is 11.9 Å². The molecule has 4 nitrogen and oxygen atoms in total. The highest BCUT2D eigenvalue weighted by Gasteiger charge is 2.21. The normalized spacial score (nSPS) is 12.3. The van der Waals surface area contributed by atoms with E-state index in [2.05, 4.69) is 19.1 Å². The summed E-state index contributed by atoms with van der Waals surface area (Å²) in [6.45, 7) is 4.59. The highest BCUT2D eigenvalue weighted by molar-refractivity contribution is 5.78. The van der Waals surface area contributed by atoms with E-state index in [1.807, 2.05) is 6.92 Å². The number of unbranched alkanes of at least 4 members (excludes halogenated alkanes) is 21. The number of aliphatic carboxylic acids is 1. The Balaban J connectivity index is 3.35. The number of ether oxygens (including phenoxy) is 1. The standard InChI is InChI=1S/C34H64O4/c1-3-5-6-7-8-9-10-11-12-13-14-15-16-17-18-19-20-21-22-23-24-25-26-27-28-29-32(34(36)37)31-33(35)38-30-4-2/h20-21,32H,3-19,22-31H2,1-2H3,(H,36,37)/b21-20+. The second-order valence-corrected chi connectivity index (χ2v) is 11.4. The fourth-order valence-corrected chi connectivity index (χ4v) is 5.02. The van der Waals surface area contributed by atoms with Gasteiger partial charge in [-0.15, -0.1) is 0 Å². The van der Waals surface area contributed by atoms with Crippen LogP contribution >= 0.6 is 0 Å². The second-order valence-electron chi connectivity index (χ2n) is 11.4. The average molecular weight is 537 g/mol. The van der Waals surface area contributed by atoms with Crippen LogP contribution in [0.1, 0.15) is 181 Å². The van der Waals surface area contributed by atoms with Gasteiger partial charge in [-0.3, -0.25) is 9.59 Å². The van der Waals surface area contributed by atoms with Crippen molar-refractivity contribution >= 4 is 11.9 Å². The molecule has 0 aliphatic carbocycles. The van der Waals surface area contributed by atoms with Crippen molar-refractivity contribution in [1.82, 2.24) is 0 Å². The van der Waals surface area contributed by atoms with Gasteiger partial charge in [-0.1, -0.05) is 148 Å². The average Bonchev–Trinajstić information content (AvgIpc) is 2.91.